The van der Waals surface area contributed by atoms with E-state index in [0.717, 1.165) is 10.2 Å². The lowest BCUT2D eigenvalue weighted by Gasteiger charge is -2.08. The number of hydrogen-bond donors (Lipinski definition) is 1. The third kappa shape index (κ3) is 4.23. The fraction of sp³-hybridized carbons (Fsp3) is 0.143. The van der Waals surface area contributed by atoms with E-state index in [1.54, 1.807) is 36.4 Å². The van der Waals surface area contributed by atoms with Gasteiger partial charge in [-0.15, -0.1) is 0 Å². The van der Waals surface area contributed by atoms with Gasteiger partial charge < -0.3 is 5.32 Å². The van der Waals surface area contributed by atoms with Crippen molar-refractivity contribution in [2.45, 2.75) is 4.90 Å². The van der Waals surface area contributed by atoms with Crippen LogP contribution in [-0.2, 0) is 9.84 Å². The van der Waals surface area contributed by atoms with Crippen molar-refractivity contribution < 1.29 is 8.42 Å². The van der Waals surface area contributed by atoms with Gasteiger partial charge >= 0.3 is 0 Å². The Kier molecular flexibility index (Phi) is 5.07. The molecule has 0 spiro atoms. The highest BCUT2D eigenvalue weighted by Crippen LogP contribution is 2.17. The van der Waals surface area contributed by atoms with Crippen molar-refractivity contribution in [2.75, 3.05) is 17.6 Å². The fourth-order valence-corrected chi connectivity index (χ4v) is 3.30. The van der Waals surface area contributed by atoms with Gasteiger partial charge in [0.25, 0.3) is 0 Å². The van der Waals surface area contributed by atoms with Crippen molar-refractivity contribution in [2.24, 2.45) is 0 Å². The summed E-state index contributed by atoms with van der Waals surface area (Å²) in [5, 5.41) is 3.67. The van der Waals surface area contributed by atoms with Gasteiger partial charge in [-0.1, -0.05) is 33.6 Å². The Hall–Kier alpha value is -1.04. The summed E-state index contributed by atoms with van der Waals surface area (Å²) in [5.74, 6) is 0.0289. The van der Waals surface area contributed by atoms with Gasteiger partial charge in [-0.25, -0.2) is 8.42 Å². The van der Waals surface area contributed by atoms with Crippen LogP contribution in [0.15, 0.2) is 57.9 Å². The lowest BCUT2D eigenvalue weighted by Crippen LogP contribution is -2.15. The van der Waals surface area contributed by atoms with E-state index in [0.29, 0.717) is 16.5 Å². The molecule has 0 aliphatic heterocycles. The van der Waals surface area contributed by atoms with Gasteiger partial charge in [0.1, 0.15) is 0 Å². The number of sulfone groups is 1. The van der Waals surface area contributed by atoms with Crippen LogP contribution < -0.4 is 5.32 Å². The van der Waals surface area contributed by atoms with Crippen molar-refractivity contribution in [3.05, 3.63) is 58.0 Å². The molecule has 0 fully saturated rings. The molecule has 20 heavy (non-hydrogen) atoms. The normalized spacial score (nSPS) is 11.3. The van der Waals surface area contributed by atoms with Gasteiger partial charge in [-0.2, -0.15) is 0 Å². The van der Waals surface area contributed by atoms with Gasteiger partial charge in [0.15, 0.2) is 9.84 Å². The maximum atomic E-state index is 12.1. The Bertz CT molecular complexity index is 687. The first kappa shape index (κ1) is 15.4. The highest BCUT2D eigenvalue weighted by atomic mass is 79.9. The third-order valence-electron chi connectivity index (χ3n) is 2.70. The zero-order valence-corrected chi connectivity index (χ0v) is 13.7. The summed E-state index contributed by atoms with van der Waals surface area (Å²) in [6.07, 6.45) is 0. The van der Waals surface area contributed by atoms with E-state index in [1.165, 1.54) is 0 Å². The molecule has 0 unspecified atom stereocenters. The van der Waals surface area contributed by atoms with Gasteiger partial charge in [0.05, 0.1) is 10.6 Å². The second kappa shape index (κ2) is 6.61. The number of rotatable bonds is 5. The van der Waals surface area contributed by atoms with E-state index in [4.69, 9.17) is 11.6 Å². The molecular formula is C14H13BrClNO2S. The van der Waals surface area contributed by atoms with Crippen LogP contribution >= 0.6 is 27.5 Å². The molecule has 0 atom stereocenters. The molecule has 0 aliphatic rings. The Morgan fingerprint density at radius 2 is 1.80 bits per heavy atom. The summed E-state index contributed by atoms with van der Waals surface area (Å²) in [6.45, 7) is 0.332. The Morgan fingerprint density at radius 3 is 2.45 bits per heavy atom. The molecule has 0 heterocycles. The minimum absolute atomic E-state index is 0.0289. The molecule has 0 aliphatic carbocycles. The van der Waals surface area contributed by atoms with Crippen molar-refractivity contribution in [3.63, 3.8) is 0 Å². The molecule has 2 aromatic rings. The van der Waals surface area contributed by atoms with Crippen LogP contribution in [0.25, 0.3) is 0 Å². The zero-order chi connectivity index (χ0) is 14.6. The van der Waals surface area contributed by atoms with Gasteiger partial charge in [0.2, 0.25) is 0 Å². The van der Waals surface area contributed by atoms with E-state index in [2.05, 4.69) is 21.2 Å². The molecule has 0 bridgehead atoms. The summed E-state index contributed by atoms with van der Waals surface area (Å²) in [6, 6.07) is 13.8. The van der Waals surface area contributed by atoms with Crippen LogP contribution in [0.3, 0.4) is 0 Å². The summed E-state index contributed by atoms with van der Waals surface area (Å²) in [4.78, 5) is 0.327. The van der Waals surface area contributed by atoms with Crippen LogP contribution in [0, 0.1) is 0 Å². The molecule has 0 saturated heterocycles. The Labute approximate surface area is 132 Å². The number of hydrogen-bond acceptors (Lipinski definition) is 3. The Balaban J connectivity index is 1.98. The average molecular weight is 375 g/mol. The van der Waals surface area contributed by atoms with Crippen LogP contribution in [0.5, 0.6) is 0 Å². The van der Waals surface area contributed by atoms with E-state index < -0.39 is 9.84 Å². The lowest BCUT2D eigenvalue weighted by molar-refractivity contribution is 0.596. The smallest absolute Gasteiger partial charge is 0.180 e. The molecule has 0 amide bonds. The predicted molar refractivity (Wildman–Crippen MR) is 86.1 cm³/mol. The molecule has 2 rings (SSSR count). The molecular weight excluding hydrogens is 362 g/mol. The molecule has 0 saturated carbocycles. The second-order valence-corrected chi connectivity index (χ2v) is 7.67. The van der Waals surface area contributed by atoms with Gasteiger partial charge in [-0.3, -0.25) is 0 Å². The zero-order valence-electron chi connectivity index (χ0n) is 10.5. The van der Waals surface area contributed by atoms with E-state index >= 15 is 0 Å². The summed E-state index contributed by atoms with van der Waals surface area (Å²) in [7, 11) is -3.27. The highest BCUT2D eigenvalue weighted by Gasteiger charge is 2.13. The third-order valence-corrected chi connectivity index (χ3v) is 5.19. The fourth-order valence-electron chi connectivity index (χ4n) is 1.69. The summed E-state index contributed by atoms with van der Waals surface area (Å²) >= 11 is 9.14. The largest absolute Gasteiger partial charge is 0.384 e. The van der Waals surface area contributed by atoms with Crippen LogP contribution in [0.4, 0.5) is 5.69 Å². The molecule has 6 heteroatoms. The number of benzene rings is 2. The SMILES string of the molecule is O=S(=O)(CCNc1cccc(Cl)c1)c1ccc(Br)cc1. The number of anilines is 1. The van der Waals surface area contributed by atoms with Crippen molar-refractivity contribution in [1.29, 1.82) is 0 Å². The molecule has 0 aromatic heterocycles. The van der Waals surface area contributed by atoms with Crippen molar-refractivity contribution >= 4 is 43.1 Å². The van der Waals surface area contributed by atoms with E-state index in [1.807, 2.05) is 12.1 Å². The maximum absolute atomic E-state index is 12.1. The lowest BCUT2D eigenvalue weighted by atomic mass is 10.3. The second-order valence-electron chi connectivity index (χ2n) is 4.21. The maximum Gasteiger partial charge on any atom is 0.180 e. The molecule has 2 aromatic carbocycles. The van der Waals surface area contributed by atoms with E-state index in [9.17, 15) is 8.42 Å². The average Bonchev–Trinajstić information content (AvgIpc) is 2.39. The van der Waals surface area contributed by atoms with Crippen LogP contribution in [0.2, 0.25) is 5.02 Å². The van der Waals surface area contributed by atoms with Crippen molar-refractivity contribution in [3.8, 4) is 0 Å². The standard InChI is InChI=1S/C14H13BrClNO2S/c15-11-4-6-14(7-5-11)20(18,19)9-8-17-13-3-1-2-12(16)10-13/h1-7,10,17H,8-9H2. The summed E-state index contributed by atoms with van der Waals surface area (Å²) < 4.78 is 25.1. The Morgan fingerprint density at radius 1 is 1.10 bits per heavy atom. The molecule has 3 nitrogen and oxygen atoms in total. The predicted octanol–water partition coefficient (Wildman–Crippen LogP) is 3.99. The molecule has 1 N–H and O–H groups in total. The first-order chi connectivity index (χ1) is 9.47. The topological polar surface area (TPSA) is 46.2 Å². The summed E-state index contributed by atoms with van der Waals surface area (Å²) in [5.41, 5.74) is 0.809. The first-order valence-corrected chi connectivity index (χ1v) is 8.77. The molecule has 106 valence electrons. The first-order valence-electron chi connectivity index (χ1n) is 5.95. The monoisotopic (exact) mass is 373 g/mol. The van der Waals surface area contributed by atoms with Gasteiger partial charge in [0, 0.05) is 21.7 Å². The van der Waals surface area contributed by atoms with Gasteiger partial charge in [-0.05, 0) is 42.5 Å². The minimum Gasteiger partial charge on any atom is -0.384 e. The minimum atomic E-state index is -3.27. The molecule has 0 radical (unpaired) electrons. The number of halogens is 2. The van der Waals surface area contributed by atoms with Crippen LogP contribution in [-0.4, -0.2) is 20.7 Å². The van der Waals surface area contributed by atoms with E-state index in [-0.39, 0.29) is 5.75 Å². The number of nitrogens with one attached hydrogen (secondary N) is 1. The van der Waals surface area contributed by atoms with Crippen molar-refractivity contribution in [1.82, 2.24) is 0 Å². The highest BCUT2D eigenvalue weighted by molar-refractivity contribution is 9.10. The van der Waals surface area contributed by atoms with Crippen LogP contribution in [0.1, 0.15) is 0 Å². The quantitative estimate of drug-likeness (QED) is 0.861.